The average molecular weight is 360 g/mol. The number of ether oxygens (including phenoxy) is 2. The number of thioether (sulfide) groups is 1. The van der Waals surface area contributed by atoms with Gasteiger partial charge >= 0.3 is 0 Å². The van der Waals surface area contributed by atoms with E-state index in [1.54, 1.807) is 18.0 Å². The third-order valence-corrected chi connectivity index (χ3v) is 4.48. The van der Waals surface area contributed by atoms with Crippen molar-refractivity contribution in [3.8, 4) is 11.5 Å². The summed E-state index contributed by atoms with van der Waals surface area (Å²) in [4.78, 5) is 22.3. The van der Waals surface area contributed by atoms with Gasteiger partial charge < -0.3 is 20.1 Å². The highest BCUT2D eigenvalue weighted by Crippen LogP contribution is 2.31. The molecule has 7 nitrogen and oxygen atoms in total. The second-order valence-corrected chi connectivity index (χ2v) is 6.72. The maximum atomic E-state index is 12.3. The number of nitrogens with zero attached hydrogens (tertiary/aromatic N) is 3. The maximum absolute atomic E-state index is 12.3. The molecule has 0 radical (unpaired) electrons. The molecule has 0 saturated carbocycles. The van der Waals surface area contributed by atoms with Gasteiger partial charge in [0.25, 0.3) is 0 Å². The van der Waals surface area contributed by atoms with Crippen LogP contribution < -0.4 is 15.2 Å². The van der Waals surface area contributed by atoms with Crippen molar-refractivity contribution in [3.63, 3.8) is 0 Å². The molecule has 2 N–H and O–H groups in total. The zero-order valence-corrected chi connectivity index (χ0v) is 15.0. The Morgan fingerprint density at radius 2 is 2.12 bits per heavy atom. The summed E-state index contributed by atoms with van der Waals surface area (Å²) in [5, 5.41) is 0.505. The van der Waals surface area contributed by atoms with Crippen molar-refractivity contribution in [1.29, 1.82) is 0 Å². The molecule has 1 aromatic heterocycles. The summed E-state index contributed by atoms with van der Waals surface area (Å²) in [6, 6.07) is 9.21. The molecule has 2 heterocycles. The highest BCUT2D eigenvalue weighted by Gasteiger charge is 2.23. The fraction of sp³-hybridized carbons (Fsp3) is 0.353. The molecule has 1 aliphatic heterocycles. The lowest BCUT2D eigenvalue weighted by Crippen LogP contribution is -2.42. The monoisotopic (exact) mass is 360 g/mol. The molecule has 8 heteroatoms. The van der Waals surface area contributed by atoms with Gasteiger partial charge in [0.1, 0.15) is 12.4 Å². The number of rotatable bonds is 5. The van der Waals surface area contributed by atoms with Gasteiger partial charge in [-0.25, -0.2) is 9.97 Å². The second kappa shape index (κ2) is 7.60. The Morgan fingerprint density at radius 3 is 2.88 bits per heavy atom. The van der Waals surface area contributed by atoms with Crippen molar-refractivity contribution in [3.05, 3.63) is 36.0 Å². The van der Waals surface area contributed by atoms with E-state index in [1.165, 1.54) is 11.8 Å². The Kier molecular flexibility index (Phi) is 5.28. The molecule has 0 aliphatic carbocycles. The molecule has 0 spiro atoms. The van der Waals surface area contributed by atoms with Gasteiger partial charge in [-0.2, -0.15) is 0 Å². The summed E-state index contributed by atoms with van der Waals surface area (Å²) in [6.45, 7) is 2.71. The van der Waals surface area contributed by atoms with E-state index in [9.17, 15) is 4.79 Å². The number of benzene rings is 1. The van der Waals surface area contributed by atoms with Gasteiger partial charge in [0.2, 0.25) is 5.91 Å². The molecule has 0 saturated heterocycles. The molecule has 0 bridgehead atoms. The van der Waals surface area contributed by atoms with Crippen LogP contribution in [0.5, 0.6) is 11.5 Å². The van der Waals surface area contributed by atoms with Crippen LogP contribution in [0.1, 0.15) is 5.69 Å². The first-order valence-electron chi connectivity index (χ1n) is 7.87. The molecule has 1 atom stereocenters. The van der Waals surface area contributed by atoms with E-state index in [0.29, 0.717) is 29.9 Å². The van der Waals surface area contributed by atoms with Gasteiger partial charge in [-0.1, -0.05) is 23.9 Å². The van der Waals surface area contributed by atoms with E-state index in [0.717, 1.165) is 11.4 Å². The number of aryl methyl sites for hydroxylation is 1. The smallest absolute Gasteiger partial charge is 0.232 e. The molecule has 1 aromatic carbocycles. The van der Waals surface area contributed by atoms with E-state index in [4.69, 9.17) is 15.2 Å². The topological polar surface area (TPSA) is 90.6 Å². The summed E-state index contributed by atoms with van der Waals surface area (Å²) in [7, 11) is 1.75. The van der Waals surface area contributed by atoms with Crippen molar-refractivity contribution in [2.75, 3.05) is 31.7 Å². The Morgan fingerprint density at radius 1 is 1.36 bits per heavy atom. The van der Waals surface area contributed by atoms with Gasteiger partial charge in [0.15, 0.2) is 22.8 Å². The molecule has 3 rings (SSSR count). The number of fused-ring (bicyclic) bond motifs is 1. The molecular formula is C17H20N4O3S. The summed E-state index contributed by atoms with van der Waals surface area (Å²) in [5.41, 5.74) is 6.48. The average Bonchev–Trinajstić information content (AvgIpc) is 2.58. The second-order valence-electron chi connectivity index (χ2n) is 5.78. The van der Waals surface area contributed by atoms with Crippen LogP contribution in [0, 0.1) is 6.92 Å². The SMILES string of the molecule is Cc1cc(N)nc(SCC(=O)N(C)CC2COc3ccccc3O2)n1. The van der Waals surface area contributed by atoms with Crippen molar-refractivity contribution >= 4 is 23.5 Å². The number of carbonyl (C=O) groups excluding carboxylic acids is 1. The molecule has 0 fully saturated rings. The summed E-state index contributed by atoms with van der Waals surface area (Å²) in [5.74, 6) is 2.05. The number of carbonyl (C=O) groups is 1. The molecular weight excluding hydrogens is 340 g/mol. The van der Waals surface area contributed by atoms with E-state index >= 15 is 0 Å². The number of hydrogen-bond donors (Lipinski definition) is 1. The Bertz CT molecular complexity index is 751. The van der Waals surface area contributed by atoms with Gasteiger partial charge in [-0.3, -0.25) is 4.79 Å². The van der Waals surface area contributed by atoms with E-state index < -0.39 is 0 Å². The van der Waals surface area contributed by atoms with Gasteiger partial charge in [0.05, 0.1) is 12.3 Å². The number of aromatic nitrogens is 2. The Labute approximate surface area is 150 Å². The lowest BCUT2D eigenvalue weighted by atomic mass is 10.2. The van der Waals surface area contributed by atoms with Crippen LogP contribution in [-0.2, 0) is 4.79 Å². The highest BCUT2D eigenvalue weighted by atomic mass is 32.2. The summed E-state index contributed by atoms with van der Waals surface area (Å²) >= 11 is 1.27. The molecule has 1 unspecified atom stereocenters. The van der Waals surface area contributed by atoms with Crippen LogP contribution in [0.2, 0.25) is 0 Å². The predicted octanol–water partition coefficient (Wildman–Crippen LogP) is 1.76. The van der Waals surface area contributed by atoms with Gasteiger partial charge in [-0.15, -0.1) is 0 Å². The largest absolute Gasteiger partial charge is 0.486 e. The zero-order chi connectivity index (χ0) is 17.8. The highest BCUT2D eigenvalue weighted by molar-refractivity contribution is 7.99. The number of nitrogen functional groups attached to an aromatic ring is 1. The van der Waals surface area contributed by atoms with Crippen LogP contribution >= 0.6 is 11.8 Å². The van der Waals surface area contributed by atoms with Crippen LogP contribution in [0.4, 0.5) is 5.82 Å². The van der Waals surface area contributed by atoms with Crippen molar-refractivity contribution < 1.29 is 14.3 Å². The van der Waals surface area contributed by atoms with Crippen molar-refractivity contribution in [2.24, 2.45) is 0 Å². The molecule has 1 aliphatic rings. The van der Waals surface area contributed by atoms with E-state index in [2.05, 4.69) is 9.97 Å². The number of anilines is 1. The van der Waals surface area contributed by atoms with E-state index in [-0.39, 0.29) is 17.8 Å². The fourth-order valence-corrected chi connectivity index (χ4v) is 3.28. The Hall–Kier alpha value is -2.48. The van der Waals surface area contributed by atoms with Crippen LogP contribution in [-0.4, -0.2) is 52.8 Å². The predicted molar refractivity (Wildman–Crippen MR) is 95.9 cm³/mol. The van der Waals surface area contributed by atoms with Crippen LogP contribution in [0.3, 0.4) is 0 Å². The number of nitrogens with two attached hydrogens (primary N) is 1. The number of amides is 1. The van der Waals surface area contributed by atoms with E-state index in [1.807, 2.05) is 31.2 Å². The van der Waals surface area contributed by atoms with Gasteiger partial charge in [0, 0.05) is 18.8 Å². The molecule has 1 amide bonds. The lowest BCUT2D eigenvalue weighted by Gasteiger charge is -2.29. The quantitative estimate of drug-likeness (QED) is 0.642. The third kappa shape index (κ3) is 4.54. The standard InChI is InChI=1S/C17H20N4O3S/c1-11-7-15(18)20-17(19-11)25-10-16(22)21(2)8-12-9-23-13-5-3-4-6-14(13)24-12/h3-7,12H,8-10H2,1-2H3,(H2,18,19,20). The minimum Gasteiger partial charge on any atom is -0.486 e. The maximum Gasteiger partial charge on any atom is 0.232 e. The normalized spacial score (nSPS) is 15.7. The summed E-state index contributed by atoms with van der Waals surface area (Å²) < 4.78 is 11.6. The number of hydrogen-bond acceptors (Lipinski definition) is 7. The van der Waals surface area contributed by atoms with Crippen LogP contribution in [0.15, 0.2) is 35.5 Å². The molecule has 132 valence electrons. The Balaban J connectivity index is 1.51. The number of para-hydroxylation sites is 2. The lowest BCUT2D eigenvalue weighted by molar-refractivity contribution is -0.128. The first-order chi connectivity index (χ1) is 12.0. The summed E-state index contributed by atoms with van der Waals surface area (Å²) in [6.07, 6.45) is -0.195. The minimum atomic E-state index is -0.195. The number of likely N-dealkylation sites (N-methyl/N-ethyl adjacent to an activating group) is 1. The van der Waals surface area contributed by atoms with Gasteiger partial charge in [-0.05, 0) is 19.1 Å². The first-order valence-corrected chi connectivity index (χ1v) is 8.86. The fourth-order valence-electron chi connectivity index (χ4n) is 2.43. The molecule has 2 aromatic rings. The third-order valence-electron chi connectivity index (χ3n) is 3.65. The zero-order valence-electron chi connectivity index (χ0n) is 14.1. The van der Waals surface area contributed by atoms with Crippen molar-refractivity contribution in [2.45, 2.75) is 18.2 Å². The first kappa shape index (κ1) is 17.3. The minimum absolute atomic E-state index is 0.0314. The van der Waals surface area contributed by atoms with Crippen LogP contribution in [0.25, 0.3) is 0 Å². The molecule has 25 heavy (non-hydrogen) atoms. The van der Waals surface area contributed by atoms with Crippen molar-refractivity contribution in [1.82, 2.24) is 14.9 Å².